The molecule has 0 N–H and O–H groups in total. The van der Waals surface area contributed by atoms with Crippen molar-refractivity contribution in [1.29, 1.82) is 0 Å². The van der Waals surface area contributed by atoms with E-state index in [9.17, 15) is 0 Å². The maximum Gasteiger partial charge on any atom is 0.161 e. The van der Waals surface area contributed by atoms with Gasteiger partial charge in [0.05, 0.1) is 11.4 Å². The lowest BCUT2D eigenvalue weighted by atomic mass is 9.97. The Kier molecular flexibility index (Phi) is 5.08. The van der Waals surface area contributed by atoms with Gasteiger partial charge in [-0.05, 0) is 58.7 Å². The van der Waals surface area contributed by atoms with E-state index in [0.29, 0.717) is 5.82 Å². The Balaban J connectivity index is 1.18. The van der Waals surface area contributed by atoms with E-state index in [-0.39, 0.29) is 0 Å². The third-order valence-corrected chi connectivity index (χ3v) is 9.84. The van der Waals surface area contributed by atoms with Crippen molar-refractivity contribution in [2.24, 2.45) is 0 Å². The molecule has 0 fully saturated rings. The van der Waals surface area contributed by atoms with Crippen LogP contribution in [0.15, 0.2) is 154 Å². The van der Waals surface area contributed by atoms with Crippen LogP contribution in [0.1, 0.15) is 0 Å². The standard InChI is InChI=1S/C44H24N2O2/c1-2-10-25(11-3-1)36-24-37(26-20-21-30-29-14-6-7-18-38(29)47-40(30)22-26)46-44(45-36)33-17-9-19-39-42(33)35-23-34-28-13-5-4-12-27(28)31-15-8-16-32(41(31)34)43(35)48-39/h1-24H. The van der Waals surface area contributed by atoms with Gasteiger partial charge in [0.15, 0.2) is 5.82 Å². The minimum Gasteiger partial charge on any atom is -0.456 e. The molecule has 4 heteroatoms. The summed E-state index contributed by atoms with van der Waals surface area (Å²) >= 11 is 0. The molecule has 0 saturated heterocycles. The zero-order valence-electron chi connectivity index (χ0n) is 25.6. The van der Waals surface area contributed by atoms with Gasteiger partial charge in [0.2, 0.25) is 0 Å². The Morgan fingerprint density at radius 3 is 1.92 bits per heavy atom. The number of para-hydroxylation sites is 1. The molecule has 0 saturated carbocycles. The van der Waals surface area contributed by atoms with Gasteiger partial charge in [-0.25, -0.2) is 9.97 Å². The number of aromatic nitrogens is 2. The number of hydrogen-bond donors (Lipinski definition) is 0. The molecule has 0 unspecified atom stereocenters. The normalized spacial score (nSPS) is 12.2. The van der Waals surface area contributed by atoms with Crippen LogP contribution in [0, 0.1) is 0 Å². The van der Waals surface area contributed by atoms with Crippen molar-refractivity contribution < 1.29 is 8.83 Å². The summed E-state index contributed by atoms with van der Waals surface area (Å²) in [4.78, 5) is 10.5. The van der Waals surface area contributed by atoms with Crippen LogP contribution in [0.25, 0.3) is 111 Å². The smallest absolute Gasteiger partial charge is 0.161 e. The molecule has 0 spiro atoms. The summed E-state index contributed by atoms with van der Waals surface area (Å²) in [7, 11) is 0. The minimum absolute atomic E-state index is 0.648. The second-order valence-corrected chi connectivity index (χ2v) is 12.5. The molecule has 48 heavy (non-hydrogen) atoms. The molecule has 3 heterocycles. The van der Waals surface area contributed by atoms with Gasteiger partial charge in [0.25, 0.3) is 0 Å². The molecule has 10 aromatic rings. The molecular formula is C44H24N2O2. The molecule has 3 aromatic heterocycles. The van der Waals surface area contributed by atoms with Gasteiger partial charge in [-0.3, -0.25) is 0 Å². The van der Waals surface area contributed by atoms with Gasteiger partial charge in [0, 0.05) is 49.0 Å². The number of fused-ring (bicyclic) bond motifs is 10. The molecular weight excluding hydrogens is 588 g/mol. The van der Waals surface area contributed by atoms with E-state index in [1.54, 1.807) is 0 Å². The van der Waals surface area contributed by atoms with Crippen LogP contribution in [-0.2, 0) is 0 Å². The average Bonchev–Trinajstić information content (AvgIpc) is 3.82. The molecule has 0 bridgehead atoms. The molecule has 1 aliphatic carbocycles. The van der Waals surface area contributed by atoms with Crippen LogP contribution >= 0.6 is 0 Å². The Hall–Kier alpha value is -6.52. The summed E-state index contributed by atoms with van der Waals surface area (Å²) in [6.45, 7) is 0. The van der Waals surface area contributed by atoms with Crippen molar-refractivity contribution in [2.45, 2.75) is 0 Å². The molecule has 0 amide bonds. The summed E-state index contributed by atoms with van der Waals surface area (Å²) < 4.78 is 13.0. The van der Waals surface area contributed by atoms with Crippen LogP contribution in [0.2, 0.25) is 0 Å². The van der Waals surface area contributed by atoms with Gasteiger partial charge in [-0.1, -0.05) is 109 Å². The Bertz CT molecular complexity index is 2950. The Morgan fingerprint density at radius 1 is 0.354 bits per heavy atom. The second kappa shape index (κ2) is 9.50. The first-order chi connectivity index (χ1) is 23.8. The van der Waals surface area contributed by atoms with E-state index < -0.39 is 0 Å². The van der Waals surface area contributed by atoms with Crippen LogP contribution in [0.3, 0.4) is 0 Å². The highest BCUT2D eigenvalue weighted by atomic mass is 16.3. The molecule has 7 aromatic carbocycles. The molecule has 222 valence electrons. The summed E-state index contributed by atoms with van der Waals surface area (Å²) in [6, 6.07) is 50.6. The minimum atomic E-state index is 0.648. The molecule has 0 atom stereocenters. The fourth-order valence-corrected chi connectivity index (χ4v) is 7.69. The molecule has 4 nitrogen and oxygen atoms in total. The lowest BCUT2D eigenvalue weighted by Crippen LogP contribution is -1.96. The number of benzene rings is 7. The fraction of sp³-hybridized carbons (Fsp3) is 0. The zero-order valence-corrected chi connectivity index (χ0v) is 25.6. The van der Waals surface area contributed by atoms with Crippen LogP contribution in [0.5, 0.6) is 0 Å². The predicted octanol–water partition coefficient (Wildman–Crippen LogP) is 12.1. The zero-order chi connectivity index (χ0) is 31.3. The van der Waals surface area contributed by atoms with Crippen LogP contribution in [-0.4, -0.2) is 9.97 Å². The number of hydrogen-bond acceptors (Lipinski definition) is 4. The quantitative estimate of drug-likeness (QED) is 0.199. The van der Waals surface area contributed by atoms with Crippen LogP contribution < -0.4 is 0 Å². The van der Waals surface area contributed by atoms with E-state index in [4.69, 9.17) is 18.8 Å². The molecule has 11 rings (SSSR count). The second-order valence-electron chi connectivity index (χ2n) is 12.5. The van der Waals surface area contributed by atoms with E-state index in [1.807, 2.05) is 48.5 Å². The van der Waals surface area contributed by atoms with E-state index in [0.717, 1.165) is 77.3 Å². The third kappa shape index (κ3) is 3.54. The highest BCUT2D eigenvalue weighted by Gasteiger charge is 2.26. The Labute approximate surface area is 274 Å². The van der Waals surface area contributed by atoms with Crippen LogP contribution in [0.4, 0.5) is 0 Å². The van der Waals surface area contributed by atoms with Crippen molar-refractivity contribution in [3.8, 4) is 56.2 Å². The van der Waals surface area contributed by atoms with Crippen molar-refractivity contribution in [3.63, 3.8) is 0 Å². The predicted molar refractivity (Wildman–Crippen MR) is 195 cm³/mol. The number of furan rings is 2. The first kappa shape index (κ1) is 25.6. The van der Waals surface area contributed by atoms with Crippen molar-refractivity contribution in [3.05, 3.63) is 146 Å². The van der Waals surface area contributed by atoms with Gasteiger partial charge < -0.3 is 8.83 Å². The topological polar surface area (TPSA) is 52.1 Å². The van der Waals surface area contributed by atoms with Gasteiger partial charge >= 0.3 is 0 Å². The molecule has 0 radical (unpaired) electrons. The summed E-state index contributed by atoms with van der Waals surface area (Å²) in [5.74, 6) is 0.648. The summed E-state index contributed by atoms with van der Waals surface area (Å²) in [5.41, 5.74) is 13.0. The first-order valence-corrected chi connectivity index (χ1v) is 16.2. The average molecular weight is 613 g/mol. The largest absolute Gasteiger partial charge is 0.456 e. The van der Waals surface area contributed by atoms with Gasteiger partial charge in [-0.15, -0.1) is 0 Å². The third-order valence-electron chi connectivity index (χ3n) is 9.84. The van der Waals surface area contributed by atoms with Gasteiger partial charge in [0.1, 0.15) is 22.3 Å². The maximum atomic E-state index is 6.70. The van der Waals surface area contributed by atoms with E-state index in [2.05, 4.69) is 97.1 Å². The molecule has 1 aliphatic rings. The SMILES string of the molecule is c1ccc(-c2cc(-c3ccc4c(c3)oc3ccccc34)nc(-c3cccc4oc5c6cccc7c6c(cc5c34)-c3ccccc3-7)n2)cc1. The fourth-order valence-electron chi connectivity index (χ4n) is 7.69. The first-order valence-electron chi connectivity index (χ1n) is 16.2. The highest BCUT2D eigenvalue weighted by Crippen LogP contribution is 2.51. The highest BCUT2D eigenvalue weighted by molar-refractivity contribution is 6.27. The molecule has 0 aliphatic heterocycles. The summed E-state index contributed by atoms with van der Waals surface area (Å²) in [5, 5.41) is 6.65. The van der Waals surface area contributed by atoms with E-state index >= 15 is 0 Å². The number of nitrogens with zero attached hydrogens (tertiary/aromatic N) is 2. The van der Waals surface area contributed by atoms with Gasteiger partial charge in [-0.2, -0.15) is 0 Å². The van der Waals surface area contributed by atoms with Crippen molar-refractivity contribution in [2.75, 3.05) is 0 Å². The summed E-state index contributed by atoms with van der Waals surface area (Å²) in [6.07, 6.45) is 0. The lowest BCUT2D eigenvalue weighted by Gasteiger charge is -2.10. The Morgan fingerprint density at radius 2 is 1.02 bits per heavy atom. The van der Waals surface area contributed by atoms with Crippen molar-refractivity contribution >= 4 is 54.6 Å². The monoisotopic (exact) mass is 612 g/mol. The van der Waals surface area contributed by atoms with Crippen molar-refractivity contribution in [1.82, 2.24) is 9.97 Å². The van der Waals surface area contributed by atoms with E-state index in [1.165, 1.54) is 27.6 Å². The lowest BCUT2D eigenvalue weighted by molar-refractivity contribution is 0.669. The maximum absolute atomic E-state index is 6.70. The number of rotatable bonds is 3.